The Morgan fingerprint density at radius 2 is 0.727 bits per heavy atom. The second-order valence-electron chi connectivity index (χ2n) is 16.4. The normalized spacial score (nSPS) is 11.7. The van der Waals surface area contributed by atoms with E-state index in [1.165, 1.54) is 51.4 Å². The summed E-state index contributed by atoms with van der Waals surface area (Å²) in [6, 6.07) is 41.0. The van der Waals surface area contributed by atoms with Gasteiger partial charge in [-0.3, -0.25) is 0 Å². The minimum atomic E-state index is 0.515. The Morgan fingerprint density at radius 3 is 1.05 bits per heavy atom. The van der Waals surface area contributed by atoms with Crippen LogP contribution in [0.4, 0.5) is 0 Å². The number of allylic oxidation sites excluding steroid dienone is 2. The molecule has 0 N–H and O–H groups in total. The fourth-order valence-electron chi connectivity index (χ4n) is 7.48. The second-order valence-corrected chi connectivity index (χ2v) is 16.4. The first-order chi connectivity index (χ1) is 32.5. The lowest BCUT2D eigenvalue weighted by atomic mass is 9.98. The predicted molar refractivity (Wildman–Crippen MR) is 277 cm³/mol. The van der Waals surface area contributed by atoms with Crippen molar-refractivity contribution in [2.45, 2.75) is 105 Å². The number of nitriles is 2. The molecule has 0 unspecified atom stereocenters. The van der Waals surface area contributed by atoms with Gasteiger partial charge >= 0.3 is 0 Å². The molecule has 0 saturated carbocycles. The summed E-state index contributed by atoms with van der Waals surface area (Å²) in [5.74, 6) is 3.01. The fraction of sp³-hybridized carbons (Fsp3) is 0.333. The van der Waals surface area contributed by atoms with Crippen LogP contribution in [0.25, 0.3) is 47.6 Å². The second kappa shape index (κ2) is 28.9. The molecule has 0 amide bonds. The number of hydrogen-bond donors (Lipinski definition) is 0. The highest BCUT2D eigenvalue weighted by Gasteiger charge is 2.14. The molecule has 0 radical (unpaired) electrons. The zero-order valence-electron chi connectivity index (χ0n) is 39.7. The molecule has 0 aliphatic rings. The maximum atomic E-state index is 10.6. The van der Waals surface area contributed by atoms with Crippen LogP contribution in [0.3, 0.4) is 0 Å². The number of ether oxygens (including phenoxy) is 4. The molecule has 0 spiro atoms. The van der Waals surface area contributed by atoms with E-state index in [1.807, 2.05) is 135 Å². The van der Waals surface area contributed by atoms with Crippen LogP contribution in [0.5, 0.6) is 23.0 Å². The van der Waals surface area contributed by atoms with E-state index in [4.69, 9.17) is 18.9 Å². The Bertz CT molecular complexity index is 2240. The highest BCUT2D eigenvalue weighted by Crippen LogP contribution is 2.35. The van der Waals surface area contributed by atoms with Crippen molar-refractivity contribution in [3.63, 3.8) is 0 Å². The summed E-state index contributed by atoms with van der Waals surface area (Å²) in [5, 5.41) is 21.1. The van der Waals surface area contributed by atoms with Gasteiger partial charge in [0.05, 0.1) is 49.7 Å². The van der Waals surface area contributed by atoms with Crippen LogP contribution in [0.2, 0.25) is 0 Å². The zero-order valence-corrected chi connectivity index (χ0v) is 39.7. The summed E-state index contributed by atoms with van der Waals surface area (Å²) in [6.45, 7) is 10.8. The SMILES string of the molecule is CCCCCCCCOc1cc(C=C(C#N)c2ccc(C=Cc3ccc(OCC)cc3)cc2)c(OCCCCCCCC)cc1C=C(C#N)c1ccc(C=Cc2ccc(OCC)cc2)cc1. The van der Waals surface area contributed by atoms with Gasteiger partial charge in [-0.15, -0.1) is 0 Å². The third-order valence-corrected chi connectivity index (χ3v) is 11.3. The molecular formula is C60H68N2O4. The van der Waals surface area contributed by atoms with Crippen molar-refractivity contribution in [1.29, 1.82) is 10.5 Å². The van der Waals surface area contributed by atoms with Gasteiger partial charge in [-0.25, -0.2) is 0 Å². The zero-order chi connectivity index (χ0) is 46.6. The van der Waals surface area contributed by atoms with Crippen LogP contribution in [0.1, 0.15) is 149 Å². The van der Waals surface area contributed by atoms with E-state index < -0.39 is 0 Å². The lowest BCUT2D eigenvalue weighted by Crippen LogP contribution is -2.03. The van der Waals surface area contributed by atoms with Gasteiger partial charge in [0.2, 0.25) is 0 Å². The molecule has 6 heteroatoms. The van der Waals surface area contributed by atoms with Gasteiger partial charge in [0.15, 0.2) is 0 Å². The van der Waals surface area contributed by atoms with Crippen LogP contribution in [0, 0.1) is 22.7 Å². The summed E-state index contributed by atoms with van der Waals surface area (Å²) >= 11 is 0. The molecule has 342 valence electrons. The molecule has 0 aliphatic carbocycles. The lowest BCUT2D eigenvalue weighted by Gasteiger charge is -2.16. The van der Waals surface area contributed by atoms with Gasteiger partial charge in [0.1, 0.15) is 23.0 Å². The molecule has 0 aromatic heterocycles. The molecule has 0 heterocycles. The highest BCUT2D eigenvalue weighted by molar-refractivity contribution is 5.94. The van der Waals surface area contributed by atoms with Crippen molar-refractivity contribution in [2.75, 3.05) is 26.4 Å². The smallest absolute Gasteiger partial charge is 0.127 e. The van der Waals surface area contributed by atoms with Gasteiger partial charge in [-0.1, -0.05) is 175 Å². The van der Waals surface area contributed by atoms with Crippen molar-refractivity contribution < 1.29 is 18.9 Å². The van der Waals surface area contributed by atoms with E-state index in [9.17, 15) is 10.5 Å². The Balaban J connectivity index is 1.46. The van der Waals surface area contributed by atoms with E-state index in [0.717, 1.165) is 81.7 Å². The highest BCUT2D eigenvalue weighted by atomic mass is 16.5. The fourth-order valence-corrected chi connectivity index (χ4v) is 7.48. The molecule has 5 aromatic carbocycles. The van der Waals surface area contributed by atoms with Gasteiger partial charge in [0, 0.05) is 11.1 Å². The van der Waals surface area contributed by atoms with Gasteiger partial charge in [-0.05, 0) is 109 Å². The Labute approximate surface area is 395 Å². The lowest BCUT2D eigenvalue weighted by molar-refractivity contribution is 0.295. The molecule has 5 aromatic rings. The monoisotopic (exact) mass is 881 g/mol. The number of hydrogen-bond acceptors (Lipinski definition) is 6. The first kappa shape index (κ1) is 50.2. The third-order valence-electron chi connectivity index (χ3n) is 11.3. The van der Waals surface area contributed by atoms with E-state index in [0.29, 0.717) is 49.1 Å². The Morgan fingerprint density at radius 1 is 0.409 bits per heavy atom. The molecule has 0 bridgehead atoms. The quantitative estimate of drug-likeness (QED) is 0.0283. The number of benzene rings is 5. The minimum Gasteiger partial charge on any atom is -0.494 e. The van der Waals surface area contributed by atoms with E-state index >= 15 is 0 Å². The number of rotatable bonds is 28. The van der Waals surface area contributed by atoms with Gasteiger partial charge < -0.3 is 18.9 Å². The summed E-state index contributed by atoms with van der Waals surface area (Å²) in [4.78, 5) is 0. The van der Waals surface area contributed by atoms with Crippen molar-refractivity contribution in [3.05, 3.63) is 154 Å². The molecule has 0 aliphatic heterocycles. The summed E-state index contributed by atoms with van der Waals surface area (Å²) in [7, 11) is 0. The van der Waals surface area contributed by atoms with Crippen LogP contribution >= 0.6 is 0 Å². The Kier molecular flexibility index (Phi) is 22.0. The molecule has 0 atom stereocenters. The van der Waals surface area contributed by atoms with Crippen LogP contribution in [-0.2, 0) is 0 Å². The number of unbranched alkanes of at least 4 members (excludes halogenated alkanes) is 10. The topological polar surface area (TPSA) is 84.5 Å². The first-order valence-electron chi connectivity index (χ1n) is 24.2. The van der Waals surface area contributed by atoms with Crippen molar-refractivity contribution in [3.8, 4) is 35.1 Å². The van der Waals surface area contributed by atoms with Crippen LogP contribution < -0.4 is 18.9 Å². The molecule has 0 saturated heterocycles. The molecule has 66 heavy (non-hydrogen) atoms. The van der Waals surface area contributed by atoms with Gasteiger partial charge in [-0.2, -0.15) is 10.5 Å². The predicted octanol–water partition coefficient (Wildman–Crippen LogP) is 16.4. The first-order valence-corrected chi connectivity index (χ1v) is 24.2. The molecule has 5 rings (SSSR count). The maximum absolute atomic E-state index is 10.6. The van der Waals surface area contributed by atoms with Crippen molar-refractivity contribution >= 4 is 47.6 Å². The van der Waals surface area contributed by atoms with Gasteiger partial charge in [0.25, 0.3) is 0 Å². The molecule has 6 nitrogen and oxygen atoms in total. The molecular weight excluding hydrogens is 813 g/mol. The van der Waals surface area contributed by atoms with Crippen molar-refractivity contribution in [1.82, 2.24) is 0 Å². The van der Waals surface area contributed by atoms with Crippen molar-refractivity contribution in [2.24, 2.45) is 0 Å². The average molecular weight is 881 g/mol. The maximum Gasteiger partial charge on any atom is 0.127 e. The van der Waals surface area contributed by atoms with Crippen LogP contribution in [0.15, 0.2) is 109 Å². The average Bonchev–Trinajstić information content (AvgIpc) is 3.35. The number of nitrogens with zero attached hydrogens (tertiary/aromatic N) is 2. The Hall–Kier alpha value is -6.76. The largest absolute Gasteiger partial charge is 0.494 e. The van der Waals surface area contributed by atoms with E-state index in [1.54, 1.807) is 0 Å². The van der Waals surface area contributed by atoms with E-state index in [2.05, 4.69) is 50.3 Å². The summed E-state index contributed by atoms with van der Waals surface area (Å²) in [5.41, 5.74) is 8.36. The van der Waals surface area contributed by atoms with E-state index in [-0.39, 0.29) is 0 Å². The minimum absolute atomic E-state index is 0.515. The summed E-state index contributed by atoms with van der Waals surface area (Å²) < 4.78 is 24.3. The summed E-state index contributed by atoms with van der Waals surface area (Å²) in [6.07, 6.45) is 25.8. The molecule has 0 fully saturated rings. The van der Waals surface area contributed by atoms with Crippen LogP contribution in [-0.4, -0.2) is 26.4 Å². The third kappa shape index (κ3) is 17.0. The standard InChI is InChI=1S/C60H68N2O4/c1-5-9-11-13-15-17-39-65-59-43-54(42-56(46-62)52-33-25-48(26-34-52)20-22-50-29-37-58(38-30-50)64-8-4)60(66-40-18-16-14-12-10-6-2)44-53(59)41-55(45-61)51-31-23-47(24-32-51)19-21-49-27-35-57(36-28-49)63-7-3/h19-38,41-44H,5-18,39-40H2,1-4H3.